The van der Waals surface area contributed by atoms with Crippen LogP contribution in [0.1, 0.15) is 22.3 Å². The van der Waals surface area contributed by atoms with Gasteiger partial charge in [0.2, 0.25) is 0 Å². The van der Waals surface area contributed by atoms with E-state index in [0.717, 1.165) is 5.56 Å². The van der Waals surface area contributed by atoms with Gasteiger partial charge in [-0.3, -0.25) is 4.79 Å². The van der Waals surface area contributed by atoms with Gasteiger partial charge in [-0.2, -0.15) is 8.42 Å². The van der Waals surface area contributed by atoms with Crippen molar-refractivity contribution in [1.29, 1.82) is 0 Å². The molecule has 0 aliphatic heterocycles. The van der Waals surface area contributed by atoms with Crippen molar-refractivity contribution in [2.24, 2.45) is 0 Å². The summed E-state index contributed by atoms with van der Waals surface area (Å²) in [6.07, 6.45) is -0.318. The highest BCUT2D eigenvalue weighted by molar-refractivity contribution is 7.86. The molecule has 0 unspecified atom stereocenters. The van der Waals surface area contributed by atoms with Crippen LogP contribution in [-0.2, 0) is 10.2 Å². The standard InChI is InChI=1S/C10H11FO3S/c1-8-2-4-9(5-3-8)10(12)6-7-15(11,13)14/h2-5H,6-7H2,1H3. The van der Waals surface area contributed by atoms with E-state index >= 15 is 0 Å². The number of carbonyl (C=O) groups is 1. The smallest absolute Gasteiger partial charge is 0.294 e. The average Bonchev–Trinajstić information content (AvgIpc) is 2.14. The maximum absolute atomic E-state index is 12.1. The van der Waals surface area contributed by atoms with Crippen LogP contribution in [0.5, 0.6) is 0 Å². The van der Waals surface area contributed by atoms with Gasteiger partial charge in [-0.15, -0.1) is 3.89 Å². The van der Waals surface area contributed by atoms with Crippen LogP contribution >= 0.6 is 0 Å². The van der Waals surface area contributed by atoms with E-state index in [-0.39, 0.29) is 12.2 Å². The van der Waals surface area contributed by atoms with Crippen LogP contribution in [-0.4, -0.2) is 20.0 Å². The molecular formula is C10H11FO3S. The fourth-order valence-electron chi connectivity index (χ4n) is 1.10. The highest BCUT2D eigenvalue weighted by Gasteiger charge is 2.12. The van der Waals surface area contributed by atoms with Crippen LogP contribution in [0.2, 0.25) is 0 Å². The summed E-state index contributed by atoms with van der Waals surface area (Å²) in [5.41, 5.74) is 1.41. The first-order valence-electron chi connectivity index (χ1n) is 4.41. The van der Waals surface area contributed by atoms with Crippen LogP contribution in [0.4, 0.5) is 3.89 Å². The molecule has 0 fully saturated rings. The molecule has 3 nitrogen and oxygen atoms in total. The highest BCUT2D eigenvalue weighted by Crippen LogP contribution is 2.07. The Morgan fingerprint density at radius 2 is 1.80 bits per heavy atom. The number of Topliss-reactive ketones (excluding diaryl/α,β-unsaturated/α-hetero) is 1. The minimum absolute atomic E-state index is 0.318. The lowest BCUT2D eigenvalue weighted by molar-refractivity contribution is 0.0988. The van der Waals surface area contributed by atoms with Crippen molar-refractivity contribution in [3.8, 4) is 0 Å². The van der Waals surface area contributed by atoms with Crippen molar-refractivity contribution in [3.05, 3.63) is 35.4 Å². The van der Waals surface area contributed by atoms with Crippen molar-refractivity contribution < 1.29 is 17.1 Å². The number of hydrogen-bond acceptors (Lipinski definition) is 3. The maximum Gasteiger partial charge on any atom is 0.302 e. The molecular weight excluding hydrogens is 219 g/mol. The first-order chi connectivity index (χ1) is 6.88. The fourth-order valence-corrected chi connectivity index (χ4v) is 1.53. The first kappa shape index (κ1) is 11.8. The highest BCUT2D eigenvalue weighted by atomic mass is 32.3. The van der Waals surface area contributed by atoms with E-state index in [1.165, 1.54) is 0 Å². The van der Waals surface area contributed by atoms with E-state index < -0.39 is 16.0 Å². The zero-order chi connectivity index (χ0) is 11.5. The van der Waals surface area contributed by atoms with Crippen LogP contribution in [0.3, 0.4) is 0 Å². The summed E-state index contributed by atoms with van der Waals surface area (Å²) in [6, 6.07) is 6.69. The molecule has 82 valence electrons. The minimum atomic E-state index is -4.56. The molecule has 0 spiro atoms. The summed E-state index contributed by atoms with van der Waals surface area (Å²) < 4.78 is 32.6. The van der Waals surface area contributed by atoms with Gasteiger partial charge in [0.25, 0.3) is 0 Å². The topological polar surface area (TPSA) is 51.2 Å². The minimum Gasteiger partial charge on any atom is -0.294 e. The van der Waals surface area contributed by atoms with Crippen molar-refractivity contribution in [3.63, 3.8) is 0 Å². The molecule has 0 saturated carbocycles. The molecule has 0 bridgehead atoms. The Hall–Kier alpha value is -1.23. The molecule has 1 rings (SSSR count). The number of benzene rings is 1. The van der Waals surface area contributed by atoms with E-state index in [1.54, 1.807) is 24.3 Å². The number of hydrogen-bond donors (Lipinski definition) is 0. The predicted molar refractivity (Wildman–Crippen MR) is 55.0 cm³/mol. The van der Waals surface area contributed by atoms with Crippen LogP contribution in [0.15, 0.2) is 24.3 Å². The van der Waals surface area contributed by atoms with E-state index in [4.69, 9.17) is 0 Å². The Morgan fingerprint density at radius 1 is 1.27 bits per heavy atom. The van der Waals surface area contributed by atoms with Gasteiger partial charge in [-0.1, -0.05) is 29.8 Å². The SMILES string of the molecule is Cc1ccc(C(=O)CCS(=O)(=O)F)cc1. The second-order valence-electron chi connectivity index (χ2n) is 3.28. The summed E-state index contributed by atoms with van der Waals surface area (Å²) in [7, 11) is -4.56. The predicted octanol–water partition coefficient (Wildman–Crippen LogP) is 1.87. The zero-order valence-electron chi connectivity index (χ0n) is 8.23. The van der Waals surface area contributed by atoms with E-state index in [9.17, 15) is 17.1 Å². The van der Waals surface area contributed by atoms with Gasteiger partial charge in [0, 0.05) is 12.0 Å². The lowest BCUT2D eigenvalue weighted by Crippen LogP contribution is -2.07. The van der Waals surface area contributed by atoms with Crippen molar-refractivity contribution in [2.45, 2.75) is 13.3 Å². The summed E-state index contributed by atoms with van der Waals surface area (Å²) in [6.45, 7) is 1.88. The maximum atomic E-state index is 12.1. The molecule has 1 aromatic carbocycles. The van der Waals surface area contributed by atoms with Gasteiger partial charge < -0.3 is 0 Å². The molecule has 5 heteroatoms. The van der Waals surface area contributed by atoms with E-state index in [1.807, 2.05) is 6.92 Å². The lowest BCUT2D eigenvalue weighted by atomic mass is 10.1. The van der Waals surface area contributed by atoms with Crippen molar-refractivity contribution >= 4 is 16.0 Å². The third-order valence-electron chi connectivity index (χ3n) is 1.95. The van der Waals surface area contributed by atoms with Gasteiger partial charge in [0.1, 0.15) is 0 Å². The van der Waals surface area contributed by atoms with Gasteiger partial charge in [0.15, 0.2) is 5.78 Å². The van der Waals surface area contributed by atoms with Gasteiger partial charge >= 0.3 is 10.2 Å². The third-order valence-corrected chi connectivity index (χ3v) is 2.64. The molecule has 0 saturated heterocycles. The van der Waals surface area contributed by atoms with Crippen LogP contribution < -0.4 is 0 Å². The van der Waals surface area contributed by atoms with Crippen LogP contribution in [0, 0.1) is 6.92 Å². The lowest BCUT2D eigenvalue weighted by Gasteiger charge is -1.99. The number of carbonyl (C=O) groups excluding carboxylic acids is 1. The normalized spacial score (nSPS) is 11.3. The largest absolute Gasteiger partial charge is 0.302 e. The number of rotatable bonds is 4. The Labute approximate surface area is 88.1 Å². The molecule has 0 aliphatic rings. The van der Waals surface area contributed by atoms with Gasteiger partial charge in [-0.05, 0) is 6.92 Å². The number of halogens is 1. The first-order valence-corrected chi connectivity index (χ1v) is 5.96. The average molecular weight is 230 g/mol. The Balaban J connectivity index is 2.66. The molecule has 0 atom stereocenters. The monoisotopic (exact) mass is 230 g/mol. The van der Waals surface area contributed by atoms with E-state index in [0.29, 0.717) is 5.56 Å². The summed E-state index contributed by atoms with van der Waals surface area (Å²) in [5.74, 6) is -1.11. The third kappa shape index (κ3) is 4.20. The molecule has 0 amide bonds. The summed E-state index contributed by atoms with van der Waals surface area (Å²) in [5, 5.41) is 0. The quantitative estimate of drug-likeness (QED) is 0.586. The number of ketones is 1. The summed E-state index contributed by atoms with van der Waals surface area (Å²) >= 11 is 0. The molecule has 1 aromatic rings. The zero-order valence-corrected chi connectivity index (χ0v) is 9.05. The molecule has 0 aromatic heterocycles. The van der Waals surface area contributed by atoms with Gasteiger partial charge in [-0.25, -0.2) is 0 Å². The Kier molecular flexibility index (Phi) is 3.57. The second kappa shape index (κ2) is 4.53. The molecule has 0 radical (unpaired) electrons. The van der Waals surface area contributed by atoms with Crippen molar-refractivity contribution in [1.82, 2.24) is 0 Å². The number of aryl methyl sites for hydroxylation is 1. The molecule has 0 heterocycles. The Bertz CT molecular complexity index is 448. The van der Waals surface area contributed by atoms with Gasteiger partial charge in [0.05, 0.1) is 5.75 Å². The van der Waals surface area contributed by atoms with Crippen LogP contribution in [0.25, 0.3) is 0 Å². The second-order valence-corrected chi connectivity index (χ2v) is 4.77. The Morgan fingerprint density at radius 3 is 2.27 bits per heavy atom. The fraction of sp³-hybridized carbons (Fsp3) is 0.300. The van der Waals surface area contributed by atoms with Crippen molar-refractivity contribution in [2.75, 3.05) is 5.75 Å². The summed E-state index contributed by atoms with van der Waals surface area (Å²) in [4.78, 5) is 11.4. The molecule has 0 N–H and O–H groups in total. The molecule has 0 aliphatic carbocycles. The van der Waals surface area contributed by atoms with E-state index in [2.05, 4.69) is 0 Å². The molecule has 15 heavy (non-hydrogen) atoms.